The molecule has 0 spiro atoms. The van der Waals surface area contributed by atoms with Crippen LogP contribution in [-0.4, -0.2) is 51.0 Å². The summed E-state index contributed by atoms with van der Waals surface area (Å²) in [6.45, 7) is -0.663. The summed E-state index contributed by atoms with van der Waals surface area (Å²) in [7, 11) is -2.51. The summed E-state index contributed by atoms with van der Waals surface area (Å²) < 4.78 is 26.4. The highest BCUT2D eigenvalue weighted by atomic mass is 35.5. The second-order valence-corrected chi connectivity index (χ2v) is 12.0. The summed E-state index contributed by atoms with van der Waals surface area (Å²) >= 11 is 24.6. The molecule has 0 aromatic heterocycles. The molecule has 1 atom stereocenters. The van der Waals surface area contributed by atoms with Gasteiger partial charge in [-0.15, -0.1) is 0 Å². The molecule has 0 fully saturated rings. The van der Waals surface area contributed by atoms with Crippen molar-refractivity contribution >= 4 is 73.9 Å². The first-order chi connectivity index (χ1) is 17.9. The zero-order valence-corrected chi connectivity index (χ0v) is 24.3. The number of nitrogens with zero attached hydrogens (tertiary/aromatic N) is 2. The SMILES string of the molecule is CNC(=O)[C@H](Cc1ccccc1)N(Cc1ccc(Cl)c(Cl)c1)C(=O)CN(c1cc(Cl)ccc1Cl)S(C)(=O)=O. The highest BCUT2D eigenvalue weighted by Crippen LogP contribution is 2.31. The van der Waals surface area contributed by atoms with E-state index in [0.29, 0.717) is 10.6 Å². The van der Waals surface area contributed by atoms with Gasteiger partial charge in [0.25, 0.3) is 0 Å². The summed E-state index contributed by atoms with van der Waals surface area (Å²) in [4.78, 5) is 28.3. The van der Waals surface area contributed by atoms with E-state index in [1.807, 2.05) is 30.3 Å². The zero-order chi connectivity index (χ0) is 28.0. The summed E-state index contributed by atoms with van der Waals surface area (Å²) in [5.74, 6) is -1.06. The van der Waals surface area contributed by atoms with Gasteiger partial charge in [0, 0.05) is 25.0 Å². The molecular weight excluding hydrogens is 592 g/mol. The largest absolute Gasteiger partial charge is 0.357 e. The van der Waals surface area contributed by atoms with Gasteiger partial charge < -0.3 is 10.2 Å². The number of rotatable bonds is 10. The Morgan fingerprint density at radius 3 is 2.13 bits per heavy atom. The van der Waals surface area contributed by atoms with Crippen LogP contribution in [0.25, 0.3) is 0 Å². The quantitative estimate of drug-likeness (QED) is 0.328. The number of likely N-dealkylation sites (N-methyl/N-ethyl adjacent to an activating group) is 1. The summed E-state index contributed by atoms with van der Waals surface area (Å²) in [5.41, 5.74) is 1.45. The van der Waals surface area contributed by atoms with E-state index in [1.165, 1.54) is 30.1 Å². The molecule has 38 heavy (non-hydrogen) atoms. The Bertz CT molecular complexity index is 1420. The van der Waals surface area contributed by atoms with E-state index < -0.39 is 34.4 Å². The normalized spacial score (nSPS) is 12.1. The van der Waals surface area contributed by atoms with Crippen LogP contribution in [0, 0.1) is 0 Å². The Hall–Kier alpha value is -2.49. The van der Waals surface area contributed by atoms with Crippen LogP contribution < -0.4 is 9.62 Å². The maximum absolute atomic E-state index is 13.9. The first-order valence-electron chi connectivity index (χ1n) is 11.3. The molecule has 12 heteroatoms. The minimum Gasteiger partial charge on any atom is -0.357 e. The molecule has 202 valence electrons. The van der Waals surface area contributed by atoms with E-state index >= 15 is 0 Å². The van der Waals surface area contributed by atoms with Crippen LogP contribution in [0.5, 0.6) is 0 Å². The van der Waals surface area contributed by atoms with Crippen molar-refractivity contribution in [2.45, 2.75) is 19.0 Å². The van der Waals surface area contributed by atoms with Gasteiger partial charge in [-0.1, -0.05) is 82.8 Å². The lowest BCUT2D eigenvalue weighted by atomic mass is 10.0. The Balaban J connectivity index is 2.07. The monoisotopic (exact) mass is 615 g/mol. The Morgan fingerprint density at radius 2 is 1.53 bits per heavy atom. The molecule has 2 amide bonds. The first-order valence-corrected chi connectivity index (χ1v) is 14.7. The number of carbonyl (C=O) groups excluding carboxylic acids is 2. The molecule has 0 aliphatic rings. The van der Waals surface area contributed by atoms with Gasteiger partial charge in [0.15, 0.2) is 0 Å². The number of halogens is 4. The van der Waals surface area contributed by atoms with E-state index in [-0.39, 0.29) is 33.7 Å². The Labute approximate surface area is 242 Å². The fourth-order valence-corrected chi connectivity index (χ4v) is 5.44. The van der Waals surface area contributed by atoms with Crippen LogP contribution in [0.4, 0.5) is 5.69 Å². The molecule has 0 unspecified atom stereocenters. The van der Waals surface area contributed by atoms with E-state index in [9.17, 15) is 18.0 Å². The molecular formula is C26H25Cl4N3O4S. The number of hydrogen-bond donors (Lipinski definition) is 1. The fourth-order valence-electron chi connectivity index (χ4n) is 3.83. The van der Waals surface area contributed by atoms with Gasteiger partial charge in [0.2, 0.25) is 21.8 Å². The maximum Gasteiger partial charge on any atom is 0.244 e. The van der Waals surface area contributed by atoms with Gasteiger partial charge >= 0.3 is 0 Å². The molecule has 0 bridgehead atoms. The van der Waals surface area contributed by atoms with Gasteiger partial charge in [0.05, 0.1) is 27.0 Å². The Kier molecular flexibility index (Phi) is 10.3. The molecule has 1 N–H and O–H groups in total. The Morgan fingerprint density at radius 1 is 0.868 bits per heavy atom. The lowest BCUT2D eigenvalue weighted by molar-refractivity contribution is -0.139. The molecule has 0 aliphatic carbocycles. The lowest BCUT2D eigenvalue weighted by Crippen LogP contribution is -2.52. The van der Waals surface area contributed by atoms with Crippen LogP contribution in [0.1, 0.15) is 11.1 Å². The third kappa shape index (κ3) is 7.77. The predicted octanol–water partition coefficient (Wildman–Crippen LogP) is 5.45. The number of hydrogen-bond acceptors (Lipinski definition) is 4. The maximum atomic E-state index is 13.9. The second kappa shape index (κ2) is 13.0. The highest BCUT2D eigenvalue weighted by molar-refractivity contribution is 7.92. The number of sulfonamides is 1. The van der Waals surface area contributed by atoms with Crippen molar-refractivity contribution < 1.29 is 18.0 Å². The minimum absolute atomic E-state index is 0.0402. The fraction of sp³-hybridized carbons (Fsp3) is 0.231. The van der Waals surface area contributed by atoms with Crippen LogP contribution in [0.3, 0.4) is 0 Å². The zero-order valence-electron chi connectivity index (χ0n) is 20.5. The van der Waals surface area contributed by atoms with Crippen LogP contribution in [0.15, 0.2) is 66.7 Å². The third-order valence-electron chi connectivity index (χ3n) is 5.71. The molecule has 7 nitrogen and oxygen atoms in total. The molecule has 0 saturated carbocycles. The second-order valence-electron chi connectivity index (χ2n) is 8.46. The van der Waals surface area contributed by atoms with E-state index in [4.69, 9.17) is 46.4 Å². The summed E-state index contributed by atoms with van der Waals surface area (Å²) in [6, 6.07) is 17.4. The van der Waals surface area contributed by atoms with Crippen molar-refractivity contribution in [3.63, 3.8) is 0 Å². The van der Waals surface area contributed by atoms with Crippen LogP contribution in [0.2, 0.25) is 20.1 Å². The summed E-state index contributed by atoms with van der Waals surface area (Å²) in [5, 5.41) is 3.55. The van der Waals surface area contributed by atoms with Gasteiger partial charge in [-0.25, -0.2) is 8.42 Å². The number of anilines is 1. The minimum atomic E-state index is -3.98. The van der Waals surface area contributed by atoms with Gasteiger partial charge in [-0.3, -0.25) is 13.9 Å². The lowest BCUT2D eigenvalue weighted by Gasteiger charge is -2.33. The van der Waals surface area contributed by atoms with Crippen molar-refractivity contribution in [2.24, 2.45) is 0 Å². The van der Waals surface area contributed by atoms with Crippen molar-refractivity contribution in [2.75, 3.05) is 24.2 Å². The van der Waals surface area contributed by atoms with E-state index in [2.05, 4.69) is 5.32 Å². The number of amides is 2. The van der Waals surface area contributed by atoms with E-state index in [1.54, 1.807) is 18.2 Å². The molecule has 3 aromatic carbocycles. The topological polar surface area (TPSA) is 86.8 Å². The van der Waals surface area contributed by atoms with Gasteiger partial charge in [-0.05, 0) is 41.5 Å². The smallest absolute Gasteiger partial charge is 0.244 e. The number of nitrogens with one attached hydrogen (secondary N) is 1. The van der Waals surface area contributed by atoms with Gasteiger partial charge in [0.1, 0.15) is 12.6 Å². The van der Waals surface area contributed by atoms with Crippen LogP contribution in [-0.2, 0) is 32.6 Å². The molecule has 0 aliphatic heterocycles. The predicted molar refractivity (Wildman–Crippen MR) is 154 cm³/mol. The van der Waals surface area contributed by atoms with Gasteiger partial charge in [-0.2, -0.15) is 0 Å². The van der Waals surface area contributed by atoms with Crippen molar-refractivity contribution in [3.8, 4) is 0 Å². The van der Waals surface area contributed by atoms with Crippen molar-refractivity contribution in [3.05, 3.63) is 97.9 Å². The number of carbonyl (C=O) groups is 2. The molecule has 3 rings (SSSR count). The van der Waals surface area contributed by atoms with Crippen LogP contribution >= 0.6 is 46.4 Å². The highest BCUT2D eigenvalue weighted by Gasteiger charge is 2.33. The standard InChI is InChI=1S/C26H25Cl4N3O4S/c1-31-26(35)24(13-17-6-4-3-5-7-17)32(15-18-8-10-20(28)22(30)12-18)25(34)16-33(38(2,36)37)23-14-19(27)9-11-21(23)29/h3-12,14,24H,13,15-16H2,1-2H3,(H,31,35)/t24-/m0/s1. The van der Waals surface area contributed by atoms with E-state index in [0.717, 1.165) is 16.1 Å². The average Bonchev–Trinajstić information content (AvgIpc) is 2.87. The molecule has 3 aromatic rings. The summed E-state index contributed by atoms with van der Waals surface area (Å²) in [6.07, 6.45) is 1.14. The molecule has 0 heterocycles. The number of benzene rings is 3. The van der Waals surface area contributed by atoms with Crippen molar-refractivity contribution in [1.82, 2.24) is 10.2 Å². The molecule has 0 radical (unpaired) electrons. The first kappa shape index (κ1) is 30.1. The molecule has 0 saturated heterocycles. The van der Waals surface area contributed by atoms with Crippen molar-refractivity contribution in [1.29, 1.82) is 0 Å². The third-order valence-corrected chi connectivity index (χ3v) is 8.13. The average molecular weight is 617 g/mol.